The molecule has 0 aliphatic heterocycles. The van der Waals surface area contributed by atoms with Crippen molar-refractivity contribution in [2.75, 3.05) is 11.9 Å². The lowest BCUT2D eigenvalue weighted by atomic mass is 10.2. The van der Waals surface area contributed by atoms with Crippen molar-refractivity contribution in [3.63, 3.8) is 0 Å². The van der Waals surface area contributed by atoms with Gasteiger partial charge in [0, 0.05) is 12.6 Å². The Morgan fingerprint density at radius 3 is 2.50 bits per heavy atom. The summed E-state index contributed by atoms with van der Waals surface area (Å²) in [5, 5.41) is 2.83. The lowest BCUT2D eigenvalue weighted by Crippen LogP contribution is -2.02. The van der Waals surface area contributed by atoms with Crippen LogP contribution in [0.3, 0.4) is 0 Å². The molecular weight excluding hydrogens is 160 g/mol. The number of nitrogens with one attached hydrogen (secondary N) is 1. The lowest BCUT2D eigenvalue weighted by molar-refractivity contribution is 0.583. The zero-order valence-electron chi connectivity index (χ0n) is 7.12. The van der Waals surface area contributed by atoms with Gasteiger partial charge in [-0.1, -0.05) is 0 Å². The van der Waals surface area contributed by atoms with Crippen LogP contribution in [0, 0.1) is 18.6 Å². The summed E-state index contributed by atoms with van der Waals surface area (Å²) in [6.45, 7) is 4.16. The van der Waals surface area contributed by atoms with Crippen molar-refractivity contribution in [2.45, 2.75) is 13.8 Å². The maximum absolute atomic E-state index is 13.0. The zero-order chi connectivity index (χ0) is 9.14. The van der Waals surface area contributed by atoms with Crippen molar-refractivity contribution in [1.82, 2.24) is 0 Å². The summed E-state index contributed by atoms with van der Waals surface area (Å²) in [7, 11) is 0. The van der Waals surface area contributed by atoms with E-state index in [2.05, 4.69) is 5.32 Å². The van der Waals surface area contributed by atoms with E-state index in [0.717, 1.165) is 6.07 Å². The van der Waals surface area contributed by atoms with Gasteiger partial charge in [0.15, 0.2) is 0 Å². The first-order valence-corrected chi connectivity index (χ1v) is 3.84. The lowest BCUT2D eigenvalue weighted by Gasteiger charge is -2.08. The molecule has 0 aliphatic carbocycles. The standard InChI is InChI=1S/C9H11F2N/c1-3-12-9-6(2)4-7(10)5-8(9)11/h4-5,12H,3H2,1-2H3. The van der Waals surface area contributed by atoms with Crippen molar-refractivity contribution in [3.05, 3.63) is 29.3 Å². The molecule has 12 heavy (non-hydrogen) atoms. The van der Waals surface area contributed by atoms with Crippen LogP contribution in [0.15, 0.2) is 12.1 Å². The molecule has 0 saturated carbocycles. The fourth-order valence-electron chi connectivity index (χ4n) is 1.10. The molecular formula is C9H11F2N. The van der Waals surface area contributed by atoms with Crippen molar-refractivity contribution >= 4 is 5.69 Å². The van der Waals surface area contributed by atoms with Crippen LogP contribution in [0.1, 0.15) is 12.5 Å². The van der Waals surface area contributed by atoms with Gasteiger partial charge in [0.2, 0.25) is 0 Å². The molecule has 0 fully saturated rings. The van der Waals surface area contributed by atoms with Gasteiger partial charge in [-0.2, -0.15) is 0 Å². The molecule has 1 nitrogen and oxygen atoms in total. The summed E-state index contributed by atoms with van der Waals surface area (Å²) in [5.41, 5.74) is 0.980. The van der Waals surface area contributed by atoms with E-state index in [4.69, 9.17) is 0 Å². The Morgan fingerprint density at radius 2 is 2.00 bits per heavy atom. The topological polar surface area (TPSA) is 12.0 Å². The van der Waals surface area contributed by atoms with Crippen LogP contribution in [0.4, 0.5) is 14.5 Å². The Labute approximate surface area is 70.4 Å². The van der Waals surface area contributed by atoms with Gasteiger partial charge in [-0.25, -0.2) is 8.78 Å². The molecule has 0 bridgehead atoms. The minimum atomic E-state index is -0.536. The van der Waals surface area contributed by atoms with Gasteiger partial charge in [-0.3, -0.25) is 0 Å². The molecule has 0 radical (unpaired) electrons. The quantitative estimate of drug-likeness (QED) is 0.721. The van der Waals surface area contributed by atoms with E-state index >= 15 is 0 Å². The highest BCUT2D eigenvalue weighted by Gasteiger charge is 2.06. The van der Waals surface area contributed by atoms with Crippen molar-refractivity contribution in [1.29, 1.82) is 0 Å². The van der Waals surface area contributed by atoms with Crippen LogP contribution in [0.25, 0.3) is 0 Å². The number of hydrogen-bond donors (Lipinski definition) is 1. The van der Waals surface area contributed by atoms with Gasteiger partial charge in [-0.15, -0.1) is 0 Å². The molecule has 0 aliphatic rings. The second-order valence-electron chi connectivity index (χ2n) is 2.61. The van der Waals surface area contributed by atoms with Crippen molar-refractivity contribution in [3.8, 4) is 0 Å². The minimum absolute atomic E-state index is 0.388. The fraction of sp³-hybridized carbons (Fsp3) is 0.333. The van der Waals surface area contributed by atoms with Gasteiger partial charge >= 0.3 is 0 Å². The number of aryl methyl sites for hydroxylation is 1. The highest BCUT2D eigenvalue weighted by molar-refractivity contribution is 5.51. The molecule has 0 atom stereocenters. The number of benzene rings is 1. The first-order valence-electron chi connectivity index (χ1n) is 3.84. The monoisotopic (exact) mass is 171 g/mol. The Kier molecular flexibility index (Phi) is 2.63. The van der Waals surface area contributed by atoms with E-state index in [1.54, 1.807) is 6.92 Å². The SMILES string of the molecule is CCNc1c(C)cc(F)cc1F. The van der Waals surface area contributed by atoms with E-state index in [0.29, 0.717) is 17.8 Å². The molecule has 1 rings (SSSR count). The van der Waals surface area contributed by atoms with E-state index < -0.39 is 11.6 Å². The van der Waals surface area contributed by atoms with Crippen LogP contribution < -0.4 is 5.32 Å². The summed E-state index contributed by atoms with van der Waals surface area (Å²) in [5.74, 6) is -1.07. The second-order valence-corrected chi connectivity index (χ2v) is 2.61. The molecule has 1 aromatic carbocycles. The molecule has 66 valence electrons. The van der Waals surface area contributed by atoms with Crippen molar-refractivity contribution < 1.29 is 8.78 Å². The molecule has 0 unspecified atom stereocenters. The van der Waals surface area contributed by atoms with Gasteiger partial charge in [0.05, 0.1) is 5.69 Å². The molecule has 0 saturated heterocycles. The van der Waals surface area contributed by atoms with Crippen LogP contribution in [-0.4, -0.2) is 6.54 Å². The third-order valence-corrected chi connectivity index (χ3v) is 1.61. The third kappa shape index (κ3) is 1.72. The normalized spacial score (nSPS) is 10.0. The molecule has 0 spiro atoms. The zero-order valence-corrected chi connectivity index (χ0v) is 7.12. The number of anilines is 1. The third-order valence-electron chi connectivity index (χ3n) is 1.61. The predicted octanol–water partition coefficient (Wildman–Crippen LogP) is 2.71. The highest BCUT2D eigenvalue weighted by Crippen LogP contribution is 2.20. The summed E-state index contributed by atoms with van der Waals surface area (Å²) < 4.78 is 25.6. The molecule has 0 aromatic heterocycles. The Hall–Kier alpha value is -1.12. The Balaban J connectivity index is 3.10. The van der Waals surface area contributed by atoms with Crippen molar-refractivity contribution in [2.24, 2.45) is 0 Å². The van der Waals surface area contributed by atoms with E-state index in [1.807, 2.05) is 6.92 Å². The van der Waals surface area contributed by atoms with Crippen LogP contribution >= 0.6 is 0 Å². The summed E-state index contributed by atoms with van der Waals surface area (Å²) in [6.07, 6.45) is 0. The minimum Gasteiger partial charge on any atom is -0.383 e. The van der Waals surface area contributed by atoms with E-state index in [9.17, 15) is 8.78 Å². The largest absolute Gasteiger partial charge is 0.383 e. The average molecular weight is 171 g/mol. The smallest absolute Gasteiger partial charge is 0.149 e. The number of hydrogen-bond acceptors (Lipinski definition) is 1. The molecule has 1 aromatic rings. The van der Waals surface area contributed by atoms with Crippen LogP contribution in [0.5, 0.6) is 0 Å². The van der Waals surface area contributed by atoms with E-state index in [1.165, 1.54) is 6.07 Å². The summed E-state index contributed by atoms with van der Waals surface area (Å²) in [6, 6.07) is 2.19. The van der Waals surface area contributed by atoms with Gasteiger partial charge in [0.1, 0.15) is 11.6 Å². The highest BCUT2D eigenvalue weighted by atomic mass is 19.1. The molecule has 1 N–H and O–H groups in total. The van der Waals surface area contributed by atoms with Crippen LogP contribution in [-0.2, 0) is 0 Å². The second kappa shape index (κ2) is 3.52. The fourth-order valence-corrected chi connectivity index (χ4v) is 1.10. The number of halogens is 2. The first kappa shape index (κ1) is 8.97. The van der Waals surface area contributed by atoms with Gasteiger partial charge < -0.3 is 5.32 Å². The summed E-state index contributed by atoms with van der Waals surface area (Å²) >= 11 is 0. The first-order chi connectivity index (χ1) is 5.65. The maximum Gasteiger partial charge on any atom is 0.149 e. The van der Waals surface area contributed by atoms with Gasteiger partial charge in [0.25, 0.3) is 0 Å². The Bertz CT molecular complexity index is 261. The molecule has 0 amide bonds. The molecule has 3 heteroatoms. The maximum atomic E-state index is 13.0. The number of rotatable bonds is 2. The average Bonchev–Trinajstić information content (AvgIpc) is 1.96. The Morgan fingerprint density at radius 1 is 1.33 bits per heavy atom. The van der Waals surface area contributed by atoms with E-state index in [-0.39, 0.29) is 0 Å². The molecule has 0 heterocycles. The van der Waals surface area contributed by atoms with Crippen LogP contribution in [0.2, 0.25) is 0 Å². The summed E-state index contributed by atoms with van der Waals surface area (Å²) in [4.78, 5) is 0. The predicted molar refractivity (Wildman–Crippen MR) is 45.3 cm³/mol. The van der Waals surface area contributed by atoms with Gasteiger partial charge in [-0.05, 0) is 25.5 Å².